The molecule has 182 valence electrons. The van der Waals surface area contributed by atoms with E-state index in [4.69, 9.17) is 14.2 Å². The molecule has 0 radical (unpaired) electrons. The summed E-state index contributed by atoms with van der Waals surface area (Å²) in [7, 11) is 1.57. The molecular formula is C25H32N4O5. The summed E-state index contributed by atoms with van der Waals surface area (Å²) >= 11 is 0. The van der Waals surface area contributed by atoms with Gasteiger partial charge in [0.05, 0.1) is 25.7 Å². The van der Waals surface area contributed by atoms with Crippen LogP contribution in [-0.2, 0) is 14.3 Å². The van der Waals surface area contributed by atoms with Crippen LogP contribution in [0, 0.1) is 11.8 Å². The number of aromatic nitrogens is 2. The number of nitrogens with zero attached hydrogens (tertiary/aromatic N) is 3. The number of methoxy groups -OCH3 is 1. The van der Waals surface area contributed by atoms with E-state index in [1.54, 1.807) is 19.4 Å². The number of nitrogens with one attached hydrogen (secondary N) is 1. The number of carbonyl (C=O) groups is 2. The predicted octanol–water partition coefficient (Wildman–Crippen LogP) is 2.91. The maximum absolute atomic E-state index is 13.1. The zero-order chi connectivity index (χ0) is 24.1. The molecule has 0 saturated carbocycles. The smallest absolute Gasteiger partial charge is 0.309 e. The molecule has 1 fully saturated rings. The largest absolute Gasteiger partial charge is 0.493 e. The molecule has 1 N–H and O–H groups in total. The van der Waals surface area contributed by atoms with Gasteiger partial charge in [0, 0.05) is 37.3 Å². The van der Waals surface area contributed by atoms with Gasteiger partial charge in [-0.3, -0.25) is 9.59 Å². The van der Waals surface area contributed by atoms with Crippen LogP contribution in [0.2, 0.25) is 0 Å². The highest BCUT2D eigenvalue weighted by molar-refractivity contribution is 5.85. The minimum absolute atomic E-state index is 0.149. The van der Waals surface area contributed by atoms with Crippen molar-refractivity contribution in [1.82, 2.24) is 15.3 Å². The summed E-state index contributed by atoms with van der Waals surface area (Å²) in [6, 6.07) is 9.22. The summed E-state index contributed by atoms with van der Waals surface area (Å²) in [5.41, 5.74) is 0.947. The second-order valence-corrected chi connectivity index (χ2v) is 9.00. The van der Waals surface area contributed by atoms with Crippen LogP contribution in [0.4, 0.5) is 5.95 Å². The molecule has 1 amide bonds. The first kappa shape index (κ1) is 23.8. The Bertz CT molecular complexity index is 1010. The Balaban J connectivity index is 1.34. The van der Waals surface area contributed by atoms with Gasteiger partial charge in [-0.25, -0.2) is 4.98 Å². The van der Waals surface area contributed by atoms with Crippen LogP contribution in [-0.4, -0.2) is 54.8 Å². The Kier molecular flexibility index (Phi) is 7.49. The Morgan fingerprint density at radius 2 is 1.91 bits per heavy atom. The fraction of sp³-hybridized carbons (Fsp3) is 0.520. The van der Waals surface area contributed by atoms with E-state index in [1.807, 2.05) is 43.0 Å². The van der Waals surface area contributed by atoms with E-state index in [0.717, 1.165) is 11.3 Å². The second kappa shape index (κ2) is 10.7. The molecule has 34 heavy (non-hydrogen) atoms. The molecule has 2 aliphatic rings. The molecule has 0 aliphatic carbocycles. The van der Waals surface area contributed by atoms with Gasteiger partial charge in [-0.2, -0.15) is 4.98 Å². The highest BCUT2D eigenvalue weighted by Gasteiger charge is 2.34. The summed E-state index contributed by atoms with van der Waals surface area (Å²) in [5, 5.41) is 3.07. The Hall–Kier alpha value is -3.36. The van der Waals surface area contributed by atoms with Gasteiger partial charge in [-0.15, -0.1) is 0 Å². The van der Waals surface area contributed by atoms with Gasteiger partial charge < -0.3 is 24.4 Å². The van der Waals surface area contributed by atoms with Gasteiger partial charge in [-0.05, 0) is 24.8 Å². The zero-order valence-electron chi connectivity index (χ0n) is 19.9. The molecule has 2 aliphatic heterocycles. The number of para-hydroxylation sites is 1. The third kappa shape index (κ3) is 5.40. The Morgan fingerprint density at radius 1 is 1.15 bits per heavy atom. The van der Waals surface area contributed by atoms with Crippen LogP contribution in [0.3, 0.4) is 0 Å². The highest BCUT2D eigenvalue weighted by Crippen LogP contribution is 2.32. The lowest BCUT2D eigenvalue weighted by Gasteiger charge is -2.32. The number of carbonyl (C=O) groups excluding carboxylic acids is 2. The molecule has 3 heterocycles. The number of amides is 1. The van der Waals surface area contributed by atoms with Gasteiger partial charge >= 0.3 is 5.97 Å². The number of hydrogen-bond donors (Lipinski definition) is 1. The maximum atomic E-state index is 13.1. The number of piperidine rings is 1. The van der Waals surface area contributed by atoms with Gasteiger partial charge in [0.2, 0.25) is 11.8 Å². The normalized spacial score (nSPS) is 19.1. The van der Waals surface area contributed by atoms with Crippen molar-refractivity contribution >= 4 is 17.8 Å². The lowest BCUT2D eigenvalue weighted by Crippen LogP contribution is -2.45. The molecule has 1 saturated heterocycles. The molecule has 2 aromatic rings. The van der Waals surface area contributed by atoms with Crippen molar-refractivity contribution in [2.24, 2.45) is 11.8 Å². The van der Waals surface area contributed by atoms with Crippen molar-refractivity contribution in [2.45, 2.75) is 45.3 Å². The summed E-state index contributed by atoms with van der Waals surface area (Å²) < 4.78 is 16.6. The fourth-order valence-corrected chi connectivity index (χ4v) is 4.37. The van der Waals surface area contributed by atoms with Crippen LogP contribution >= 0.6 is 0 Å². The Morgan fingerprint density at radius 3 is 2.65 bits per heavy atom. The minimum atomic E-state index is -0.845. The molecule has 9 heteroatoms. The number of ether oxygens (including phenoxy) is 3. The fourth-order valence-electron chi connectivity index (χ4n) is 4.37. The number of fused-ring (bicyclic) bond motifs is 1. The van der Waals surface area contributed by atoms with Crippen LogP contribution in [0.15, 0.2) is 36.5 Å². The van der Waals surface area contributed by atoms with Crippen molar-refractivity contribution < 1.29 is 23.8 Å². The molecule has 2 atom stereocenters. The van der Waals surface area contributed by atoms with E-state index < -0.39 is 6.10 Å². The molecule has 1 aromatic heterocycles. The van der Waals surface area contributed by atoms with E-state index in [-0.39, 0.29) is 29.8 Å². The molecule has 4 rings (SSSR count). The van der Waals surface area contributed by atoms with Gasteiger partial charge in [0.15, 0.2) is 6.10 Å². The van der Waals surface area contributed by atoms with E-state index in [9.17, 15) is 9.59 Å². The number of rotatable bonds is 7. The first-order valence-corrected chi connectivity index (χ1v) is 11.8. The number of anilines is 1. The number of benzene rings is 1. The molecule has 0 bridgehead atoms. The van der Waals surface area contributed by atoms with Gasteiger partial charge in [0.25, 0.3) is 5.91 Å². The minimum Gasteiger partial charge on any atom is -0.493 e. The van der Waals surface area contributed by atoms with E-state index in [0.29, 0.717) is 50.8 Å². The molecule has 1 aromatic carbocycles. The second-order valence-electron chi connectivity index (χ2n) is 9.00. The standard InChI is InChI=1S/C25H32N4O5/c1-16(2)22(23(30)27-19-11-15-33-20-7-5-4-6-18(19)20)34-24(31)17-9-13-29(14-10-17)25-26-12-8-21(28-25)32-3/h4-8,12,16-17,19,22H,9-11,13-15H2,1-3H3,(H,27,30)/t19-,22-/m1/s1. The Labute approximate surface area is 199 Å². The van der Waals surface area contributed by atoms with E-state index in [1.165, 1.54) is 0 Å². The van der Waals surface area contributed by atoms with Crippen LogP contribution in [0.5, 0.6) is 11.6 Å². The monoisotopic (exact) mass is 468 g/mol. The zero-order valence-corrected chi connectivity index (χ0v) is 19.9. The highest BCUT2D eigenvalue weighted by atomic mass is 16.5. The molecule has 0 spiro atoms. The van der Waals surface area contributed by atoms with Crippen molar-refractivity contribution in [3.8, 4) is 11.6 Å². The van der Waals surface area contributed by atoms with Crippen molar-refractivity contribution in [3.05, 3.63) is 42.1 Å². The van der Waals surface area contributed by atoms with Crippen LogP contribution in [0.25, 0.3) is 0 Å². The van der Waals surface area contributed by atoms with Crippen molar-refractivity contribution in [1.29, 1.82) is 0 Å². The van der Waals surface area contributed by atoms with Crippen molar-refractivity contribution in [3.63, 3.8) is 0 Å². The van der Waals surface area contributed by atoms with Gasteiger partial charge in [0.1, 0.15) is 5.75 Å². The summed E-state index contributed by atoms with van der Waals surface area (Å²) in [4.78, 5) is 36.8. The van der Waals surface area contributed by atoms with Gasteiger partial charge in [-0.1, -0.05) is 32.0 Å². The van der Waals surface area contributed by atoms with Crippen molar-refractivity contribution in [2.75, 3.05) is 31.7 Å². The average Bonchev–Trinajstić information content (AvgIpc) is 2.87. The molecule has 9 nitrogen and oxygen atoms in total. The molecule has 0 unspecified atom stereocenters. The van der Waals surface area contributed by atoms with E-state index in [2.05, 4.69) is 15.3 Å². The SMILES string of the molecule is COc1ccnc(N2CCC(C(=O)O[C@@H](C(=O)N[C@@H]3CCOc4ccccc43)C(C)C)CC2)n1. The van der Waals surface area contributed by atoms with Crippen LogP contribution in [0.1, 0.15) is 44.7 Å². The van der Waals surface area contributed by atoms with Crippen LogP contribution < -0.4 is 19.7 Å². The maximum Gasteiger partial charge on any atom is 0.309 e. The summed E-state index contributed by atoms with van der Waals surface area (Å²) in [6.07, 6.45) is 2.71. The number of hydrogen-bond acceptors (Lipinski definition) is 8. The lowest BCUT2D eigenvalue weighted by molar-refractivity contribution is -0.163. The third-order valence-electron chi connectivity index (χ3n) is 6.32. The van der Waals surface area contributed by atoms with E-state index >= 15 is 0 Å². The number of esters is 1. The topological polar surface area (TPSA) is 103 Å². The average molecular weight is 469 g/mol. The quantitative estimate of drug-likeness (QED) is 0.619. The third-order valence-corrected chi connectivity index (χ3v) is 6.32. The summed E-state index contributed by atoms with van der Waals surface area (Å²) in [5.74, 6) is 0.861. The molecular weight excluding hydrogens is 436 g/mol. The first-order chi connectivity index (χ1) is 16.5. The lowest BCUT2D eigenvalue weighted by atomic mass is 9.96. The first-order valence-electron chi connectivity index (χ1n) is 11.8. The summed E-state index contributed by atoms with van der Waals surface area (Å²) in [6.45, 7) is 5.56. The predicted molar refractivity (Wildman–Crippen MR) is 126 cm³/mol.